The van der Waals surface area contributed by atoms with E-state index in [1.165, 1.54) is 21.1 Å². The zero-order valence-electron chi connectivity index (χ0n) is 17.7. The molecular weight excluding hydrogens is 469 g/mol. The van der Waals surface area contributed by atoms with Gasteiger partial charge < -0.3 is 5.32 Å². The molecule has 1 aliphatic rings. The molecular formula is C22H23ClFN5O3S. The van der Waals surface area contributed by atoms with E-state index in [0.29, 0.717) is 42.6 Å². The number of nitrogens with zero attached hydrogens (tertiary/aromatic N) is 4. The van der Waals surface area contributed by atoms with Crippen LogP contribution in [0.15, 0.2) is 65.7 Å². The monoisotopic (exact) mass is 491 g/mol. The second-order valence-electron chi connectivity index (χ2n) is 7.64. The molecule has 2 heterocycles. The van der Waals surface area contributed by atoms with Gasteiger partial charge in [0, 0.05) is 49.0 Å². The summed E-state index contributed by atoms with van der Waals surface area (Å²) in [5.41, 5.74) is 0.323. The number of halogens is 2. The molecule has 1 aliphatic heterocycles. The van der Waals surface area contributed by atoms with Gasteiger partial charge in [-0.05, 0) is 24.3 Å². The zero-order chi connectivity index (χ0) is 23.4. The van der Waals surface area contributed by atoms with Crippen molar-refractivity contribution in [1.29, 1.82) is 0 Å². The van der Waals surface area contributed by atoms with Crippen LogP contribution in [0.5, 0.6) is 0 Å². The molecule has 1 N–H and O–H groups in total. The molecule has 1 amide bonds. The molecule has 0 bridgehead atoms. The first-order valence-corrected chi connectivity index (χ1v) is 12.2. The zero-order valence-corrected chi connectivity index (χ0v) is 19.3. The third-order valence-electron chi connectivity index (χ3n) is 5.37. The van der Waals surface area contributed by atoms with Crippen LogP contribution in [0.3, 0.4) is 0 Å². The molecule has 1 saturated heterocycles. The van der Waals surface area contributed by atoms with Crippen molar-refractivity contribution >= 4 is 33.3 Å². The van der Waals surface area contributed by atoms with Crippen molar-refractivity contribution in [3.8, 4) is 0 Å². The van der Waals surface area contributed by atoms with Crippen LogP contribution in [0.1, 0.15) is 5.56 Å². The van der Waals surface area contributed by atoms with Crippen LogP contribution in [0, 0.1) is 5.82 Å². The summed E-state index contributed by atoms with van der Waals surface area (Å²) in [6.07, 6.45) is 1.63. The molecule has 0 radical (unpaired) electrons. The number of piperazine rings is 1. The van der Waals surface area contributed by atoms with E-state index in [0.717, 1.165) is 0 Å². The lowest BCUT2D eigenvalue weighted by atomic mass is 10.2. The highest BCUT2D eigenvalue weighted by atomic mass is 35.5. The SMILES string of the molecule is O=C(CN1CCN(S(=O)(=O)c2ccccc2)CC1)Nc1ccn(Cc2c(F)cccc2Cl)n1. The van der Waals surface area contributed by atoms with Crippen molar-refractivity contribution in [3.05, 3.63) is 77.2 Å². The Hall–Kier alpha value is -2.79. The maximum Gasteiger partial charge on any atom is 0.243 e. The summed E-state index contributed by atoms with van der Waals surface area (Å²) in [6.45, 7) is 1.76. The van der Waals surface area contributed by atoms with Crippen LogP contribution in [0.25, 0.3) is 0 Å². The van der Waals surface area contributed by atoms with E-state index in [9.17, 15) is 17.6 Å². The van der Waals surface area contributed by atoms with Gasteiger partial charge in [0.05, 0.1) is 18.0 Å². The molecule has 3 aromatic rings. The third kappa shape index (κ3) is 5.59. The molecule has 1 fully saturated rings. The fraction of sp³-hybridized carbons (Fsp3) is 0.273. The molecule has 8 nitrogen and oxygen atoms in total. The molecule has 0 aliphatic carbocycles. The van der Waals surface area contributed by atoms with Crippen molar-refractivity contribution in [2.75, 3.05) is 38.0 Å². The van der Waals surface area contributed by atoms with Gasteiger partial charge in [-0.3, -0.25) is 14.4 Å². The summed E-state index contributed by atoms with van der Waals surface area (Å²) >= 11 is 6.05. The highest BCUT2D eigenvalue weighted by Crippen LogP contribution is 2.20. The lowest BCUT2D eigenvalue weighted by molar-refractivity contribution is -0.117. The highest BCUT2D eigenvalue weighted by molar-refractivity contribution is 7.89. The minimum Gasteiger partial charge on any atom is -0.308 e. The standard InChI is InChI=1S/C22H23ClFN5O3S/c23-19-7-4-8-20(24)18(19)15-28-10-9-21(26-28)25-22(30)16-27-11-13-29(14-12-27)33(31,32)17-5-2-1-3-6-17/h1-10H,11-16H2,(H,25,26,30). The second-order valence-corrected chi connectivity index (χ2v) is 9.99. The average molecular weight is 492 g/mol. The molecule has 33 heavy (non-hydrogen) atoms. The van der Waals surface area contributed by atoms with Crippen molar-refractivity contribution in [3.63, 3.8) is 0 Å². The summed E-state index contributed by atoms with van der Waals surface area (Å²) in [5.74, 6) is -0.335. The minimum atomic E-state index is -3.53. The number of sulfonamides is 1. The average Bonchev–Trinajstić information content (AvgIpc) is 3.24. The first-order chi connectivity index (χ1) is 15.8. The van der Waals surface area contributed by atoms with Gasteiger partial charge >= 0.3 is 0 Å². The topological polar surface area (TPSA) is 87.5 Å². The van der Waals surface area contributed by atoms with Crippen molar-refractivity contribution < 1.29 is 17.6 Å². The quantitative estimate of drug-likeness (QED) is 0.549. The molecule has 0 saturated carbocycles. The van der Waals surface area contributed by atoms with E-state index in [1.807, 2.05) is 4.90 Å². The van der Waals surface area contributed by atoms with E-state index in [4.69, 9.17) is 11.6 Å². The van der Waals surface area contributed by atoms with Crippen molar-refractivity contribution in [2.24, 2.45) is 0 Å². The van der Waals surface area contributed by atoms with Crippen molar-refractivity contribution in [1.82, 2.24) is 19.0 Å². The summed E-state index contributed by atoms with van der Waals surface area (Å²) in [4.78, 5) is 14.6. The summed E-state index contributed by atoms with van der Waals surface area (Å²) in [5, 5.41) is 7.28. The predicted molar refractivity (Wildman–Crippen MR) is 123 cm³/mol. The van der Waals surface area contributed by atoms with Crippen LogP contribution in [-0.2, 0) is 21.4 Å². The fourth-order valence-electron chi connectivity index (χ4n) is 3.62. The molecule has 1 aromatic heterocycles. The van der Waals surface area contributed by atoms with E-state index < -0.39 is 15.8 Å². The van der Waals surface area contributed by atoms with Gasteiger partial charge in [-0.15, -0.1) is 0 Å². The molecule has 4 rings (SSSR count). The van der Waals surface area contributed by atoms with Gasteiger partial charge in [0.25, 0.3) is 0 Å². The molecule has 0 unspecified atom stereocenters. The Morgan fingerprint density at radius 3 is 2.45 bits per heavy atom. The number of carbonyl (C=O) groups is 1. The Morgan fingerprint density at radius 2 is 1.76 bits per heavy atom. The Kier molecular flexibility index (Phi) is 7.08. The third-order valence-corrected chi connectivity index (χ3v) is 7.64. The molecule has 0 atom stereocenters. The van der Waals surface area contributed by atoms with Gasteiger partial charge in [0.1, 0.15) is 5.82 Å². The van der Waals surface area contributed by atoms with Crippen LogP contribution >= 0.6 is 11.6 Å². The number of hydrogen-bond acceptors (Lipinski definition) is 5. The van der Waals surface area contributed by atoms with Crippen LogP contribution in [-0.4, -0.2) is 66.0 Å². The van der Waals surface area contributed by atoms with Crippen LogP contribution in [0.2, 0.25) is 5.02 Å². The van der Waals surface area contributed by atoms with E-state index in [-0.39, 0.29) is 23.9 Å². The highest BCUT2D eigenvalue weighted by Gasteiger charge is 2.28. The van der Waals surface area contributed by atoms with Gasteiger partial charge in [0.15, 0.2) is 5.82 Å². The predicted octanol–water partition coefficient (Wildman–Crippen LogP) is 2.67. The Labute approximate surface area is 196 Å². The largest absolute Gasteiger partial charge is 0.308 e. The molecule has 2 aromatic carbocycles. The number of rotatable bonds is 7. The van der Waals surface area contributed by atoms with E-state index in [1.54, 1.807) is 48.7 Å². The van der Waals surface area contributed by atoms with Crippen molar-refractivity contribution in [2.45, 2.75) is 11.4 Å². The van der Waals surface area contributed by atoms with E-state index in [2.05, 4.69) is 10.4 Å². The minimum absolute atomic E-state index is 0.116. The summed E-state index contributed by atoms with van der Waals surface area (Å²) in [6, 6.07) is 14.4. The van der Waals surface area contributed by atoms with Gasteiger partial charge in [-0.1, -0.05) is 35.9 Å². The first-order valence-electron chi connectivity index (χ1n) is 10.4. The molecule has 174 valence electrons. The maximum absolute atomic E-state index is 14.0. The number of amides is 1. The van der Waals surface area contributed by atoms with Crippen LogP contribution in [0.4, 0.5) is 10.2 Å². The summed E-state index contributed by atoms with van der Waals surface area (Å²) in [7, 11) is -3.53. The smallest absolute Gasteiger partial charge is 0.243 e. The number of nitrogens with one attached hydrogen (secondary N) is 1. The van der Waals surface area contributed by atoms with Gasteiger partial charge in [0.2, 0.25) is 15.9 Å². The summed E-state index contributed by atoms with van der Waals surface area (Å²) < 4.78 is 42.3. The Balaban J connectivity index is 1.28. The first kappa shape index (κ1) is 23.4. The van der Waals surface area contributed by atoms with E-state index >= 15 is 0 Å². The number of hydrogen-bond donors (Lipinski definition) is 1. The number of carbonyl (C=O) groups excluding carboxylic acids is 1. The van der Waals surface area contributed by atoms with Gasteiger partial charge in [-0.25, -0.2) is 12.8 Å². The normalized spacial score (nSPS) is 15.5. The maximum atomic E-state index is 14.0. The molecule has 0 spiro atoms. The number of benzene rings is 2. The van der Waals surface area contributed by atoms with Crippen LogP contribution < -0.4 is 5.32 Å². The van der Waals surface area contributed by atoms with Gasteiger partial charge in [-0.2, -0.15) is 9.40 Å². The lowest BCUT2D eigenvalue weighted by Gasteiger charge is -2.33. The Morgan fingerprint density at radius 1 is 1.03 bits per heavy atom. The second kappa shape index (κ2) is 10.0. The number of anilines is 1. The number of aromatic nitrogens is 2. The lowest BCUT2D eigenvalue weighted by Crippen LogP contribution is -2.50. The fourth-order valence-corrected chi connectivity index (χ4v) is 5.28. The Bertz CT molecular complexity index is 1210. The molecule has 11 heteroatoms.